The number of nitrogens with one attached hydrogen (secondary N) is 1. The fourth-order valence-corrected chi connectivity index (χ4v) is 2.94. The van der Waals surface area contributed by atoms with Gasteiger partial charge in [0, 0.05) is 28.9 Å². The maximum Gasteiger partial charge on any atom is 0.220 e. The average Bonchev–Trinajstić information content (AvgIpc) is 2.64. The molecule has 0 saturated heterocycles. The standard InChI is InChI=1S/C21H26BrNO3/c1-21(2,16-6-8-17(22)9-7-16)14-23-20(24)10-5-15-11-18(25-3)13-19(12-15)26-4/h6-9,11-13H,5,10,14H2,1-4H3,(H,23,24). The number of methoxy groups -OCH3 is 2. The monoisotopic (exact) mass is 419 g/mol. The largest absolute Gasteiger partial charge is 0.497 e. The van der Waals surface area contributed by atoms with Gasteiger partial charge in [0.1, 0.15) is 11.5 Å². The van der Waals surface area contributed by atoms with Gasteiger partial charge >= 0.3 is 0 Å². The van der Waals surface area contributed by atoms with Gasteiger partial charge in [-0.3, -0.25) is 4.79 Å². The van der Waals surface area contributed by atoms with Crippen molar-refractivity contribution in [3.8, 4) is 11.5 Å². The molecule has 0 aliphatic heterocycles. The number of ether oxygens (including phenoxy) is 2. The summed E-state index contributed by atoms with van der Waals surface area (Å²) in [4.78, 5) is 12.3. The highest BCUT2D eigenvalue weighted by Crippen LogP contribution is 2.25. The second-order valence-corrected chi connectivity index (χ2v) is 7.80. The van der Waals surface area contributed by atoms with Crippen LogP contribution in [0, 0.1) is 0 Å². The van der Waals surface area contributed by atoms with Gasteiger partial charge in [0.25, 0.3) is 0 Å². The predicted molar refractivity (Wildman–Crippen MR) is 108 cm³/mol. The van der Waals surface area contributed by atoms with E-state index in [2.05, 4.69) is 47.2 Å². The lowest BCUT2D eigenvalue weighted by Crippen LogP contribution is -2.36. The van der Waals surface area contributed by atoms with E-state index in [1.807, 2.05) is 30.3 Å². The van der Waals surface area contributed by atoms with Crippen molar-refractivity contribution in [2.24, 2.45) is 0 Å². The molecule has 0 aliphatic carbocycles. The quantitative estimate of drug-likeness (QED) is 0.685. The van der Waals surface area contributed by atoms with E-state index in [0.29, 0.717) is 19.4 Å². The summed E-state index contributed by atoms with van der Waals surface area (Å²) in [5.41, 5.74) is 2.08. The molecule has 2 aromatic rings. The summed E-state index contributed by atoms with van der Waals surface area (Å²) in [7, 11) is 3.24. The van der Waals surface area contributed by atoms with Gasteiger partial charge in [0.15, 0.2) is 0 Å². The Kier molecular flexibility index (Phi) is 7.09. The Balaban J connectivity index is 1.90. The first-order valence-electron chi connectivity index (χ1n) is 8.59. The van der Waals surface area contributed by atoms with Crippen molar-refractivity contribution in [2.75, 3.05) is 20.8 Å². The van der Waals surface area contributed by atoms with Crippen molar-refractivity contribution in [2.45, 2.75) is 32.1 Å². The van der Waals surface area contributed by atoms with E-state index in [4.69, 9.17) is 9.47 Å². The van der Waals surface area contributed by atoms with Crippen LogP contribution in [0.5, 0.6) is 11.5 Å². The Bertz CT molecular complexity index is 719. The molecule has 0 radical (unpaired) electrons. The van der Waals surface area contributed by atoms with Crippen LogP contribution >= 0.6 is 15.9 Å². The Morgan fingerprint density at radius 3 is 2.15 bits per heavy atom. The summed E-state index contributed by atoms with van der Waals surface area (Å²) in [6.45, 7) is 4.85. The van der Waals surface area contributed by atoms with Gasteiger partial charge in [-0.1, -0.05) is 41.9 Å². The zero-order chi connectivity index (χ0) is 19.2. The third-order valence-electron chi connectivity index (χ3n) is 4.41. The van der Waals surface area contributed by atoms with Crippen LogP contribution in [0.25, 0.3) is 0 Å². The maximum atomic E-state index is 12.3. The molecule has 2 aromatic carbocycles. The summed E-state index contributed by atoms with van der Waals surface area (Å²) in [5.74, 6) is 1.50. The number of benzene rings is 2. The molecule has 1 amide bonds. The van der Waals surface area contributed by atoms with Gasteiger partial charge in [-0.15, -0.1) is 0 Å². The summed E-state index contributed by atoms with van der Waals surface area (Å²) in [6, 6.07) is 13.9. The normalized spacial score (nSPS) is 11.1. The minimum atomic E-state index is -0.129. The fourth-order valence-electron chi connectivity index (χ4n) is 2.68. The van der Waals surface area contributed by atoms with Crippen LogP contribution in [0.2, 0.25) is 0 Å². The van der Waals surface area contributed by atoms with Gasteiger partial charge in [0.2, 0.25) is 5.91 Å². The van der Waals surface area contributed by atoms with Crippen molar-refractivity contribution in [3.63, 3.8) is 0 Å². The lowest BCUT2D eigenvalue weighted by Gasteiger charge is -2.25. The molecular formula is C21H26BrNO3. The van der Waals surface area contributed by atoms with Gasteiger partial charge in [0.05, 0.1) is 14.2 Å². The Hall–Kier alpha value is -2.01. The van der Waals surface area contributed by atoms with Crippen molar-refractivity contribution in [1.82, 2.24) is 5.32 Å². The van der Waals surface area contributed by atoms with Crippen LogP contribution in [0.3, 0.4) is 0 Å². The second kappa shape index (κ2) is 9.08. The topological polar surface area (TPSA) is 47.6 Å². The molecule has 0 spiro atoms. The third-order valence-corrected chi connectivity index (χ3v) is 4.93. The van der Waals surface area contributed by atoms with Crippen LogP contribution in [-0.2, 0) is 16.6 Å². The molecule has 1 N–H and O–H groups in total. The molecule has 4 nitrogen and oxygen atoms in total. The zero-order valence-corrected chi connectivity index (χ0v) is 17.4. The summed E-state index contributed by atoms with van der Waals surface area (Å²) in [5, 5.41) is 3.05. The molecule has 140 valence electrons. The summed E-state index contributed by atoms with van der Waals surface area (Å²) in [6.07, 6.45) is 1.06. The Labute approximate surface area is 164 Å². The third kappa shape index (κ3) is 5.77. The highest BCUT2D eigenvalue weighted by atomic mass is 79.9. The first kappa shape index (κ1) is 20.3. The molecule has 26 heavy (non-hydrogen) atoms. The molecule has 0 saturated carbocycles. The number of hydrogen-bond acceptors (Lipinski definition) is 3. The number of hydrogen-bond donors (Lipinski definition) is 1. The molecule has 0 fully saturated rings. The van der Waals surface area contributed by atoms with Crippen LogP contribution in [0.4, 0.5) is 0 Å². The van der Waals surface area contributed by atoms with Gasteiger partial charge in [-0.2, -0.15) is 0 Å². The molecule has 2 rings (SSSR count). The number of rotatable bonds is 8. The number of amides is 1. The lowest BCUT2D eigenvalue weighted by atomic mass is 9.84. The highest BCUT2D eigenvalue weighted by molar-refractivity contribution is 9.10. The molecule has 0 atom stereocenters. The Morgan fingerprint density at radius 2 is 1.62 bits per heavy atom. The van der Waals surface area contributed by atoms with Crippen molar-refractivity contribution in [3.05, 3.63) is 58.1 Å². The van der Waals surface area contributed by atoms with Gasteiger partial charge in [-0.05, 0) is 41.8 Å². The van der Waals surface area contributed by atoms with Gasteiger partial charge < -0.3 is 14.8 Å². The minimum absolute atomic E-state index is 0.0389. The van der Waals surface area contributed by atoms with E-state index < -0.39 is 0 Å². The molecule has 0 unspecified atom stereocenters. The molecule has 0 bridgehead atoms. The second-order valence-electron chi connectivity index (χ2n) is 6.89. The van der Waals surface area contributed by atoms with E-state index in [-0.39, 0.29) is 11.3 Å². The number of aryl methyl sites for hydroxylation is 1. The zero-order valence-electron chi connectivity index (χ0n) is 15.8. The first-order valence-corrected chi connectivity index (χ1v) is 9.38. The number of halogens is 1. The molecular weight excluding hydrogens is 394 g/mol. The summed E-state index contributed by atoms with van der Waals surface area (Å²) >= 11 is 3.45. The molecule has 5 heteroatoms. The van der Waals surface area contributed by atoms with Crippen LogP contribution in [0.15, 0.2) is 46.9 Å². The Morgan fingerprint density at radius 1 is 1.04 bits per heavy atom. The van der Waals surface area contributed by atoms with Crippen LogP contribution in [-0.4, -0.2) is 26.7 Å². The van der Waals surface area contributed by atoms with Crippen molar-refractivity contribution >= 4 is 21.8 Å². The molecule has 0 aliphatic rings. The van der Waals surface area contributed by atoms with Crippen LogP contribution in [0.1, 0.15) is 31.4 Å². The van der Waals surface area contributed by atoms with E-state index in [0.717, 1.165) is 21.5 Å². The highest BCUT2D eigenvalue weighted by Gasteiger charge is 2.21. The van der Waals surface area contributed by atoms with Crippen LogP contribution < -0.4 is 14.8 Å². The van der Waals surface area contributed by atoms with E-state index in [9.17, 15) is 4.79 Å². The number of carbonyl (C=O) groups excluding carboxylic acids is 1. The van der Waals surface area contributed by atoms with Crippen molar-refractivity contribution < 1.29 is 14.3 Å². The predicted octanol–water partition coefficient (Wildman–Crippen LogP) is 4.49. The van der Waals surface area contributed by atoms with E-state index in [1.54, 1.807) is 14.2 Å². The lowest BCUT2D eigenvalue weighted by molar-refractivity contribution is -0.121. The fraction of sp³-hybridized carbons (Fsp3) is 0.381. The SMILES string of the molecule is COc1cc(CCC(=O)NCC(C)(C)c2ccc(Br)cc2)cc(OC)c1. The maximum absolute atomic E-state index is 12.3. The van der Waals surface area contributed by atoms with E-state index in [1.165, 1.54) is 5.56 Å². The molecule has 0 aromatic heterocycles. The van der Waals surface area contributed by atoms with Crippen molar-refractivity contribution in [1.29, 1.82) is 0 Å². The average molecular weight is 420 g/mol. The minimum Gasteiger partial charge on any atom is -0.497 e. The summed E-state index contributed by atoms with van der Waals surface area (Å²) < 4.78 is 11.6. The number of carbonyl (C=O) groups is 1. The van der Waals surface area contributed by atoms with Gasteiger partial charge in [-0.25, -0.2) is 0 Å². The first-order chi connectivity index (χ1) is 12.3. The van der Waals surface area contributed by atoms with E-state index >= 15 is 0 Å². The smallest absolute Gasteiger partial charge is 0.220 e. The molecule has 0 heterocycles.